The van der Waals surface area contributed by atoms with Gasteiger partial charge in [0.05, 0.1) is 12.1 Å². The van der Waals surface area contributed by atoms with Crippen LogP contribution < -0.4 is 0 Å². The van der Waals surface area contributed by atoms with Crippen molar-refractivity contribution in [3.8, 4) is 0 Å². The average molecular weight is 505 g/mol. The molecule has 4 rings (SSSR count). The van der Waals surface area contributed by atoms with Crippen molar-refractivity contribution in [1.29, 1.82) is 0 Å². The zero-order valence-electron chi connectivity index (χ0n) is 20.1. The van der Waals surface area contributed by atoms with Crippen molar-refractivity contribution < 1.29 is 31.9 Å². The molecule has 2 amide bonds. The number of carbonyl (C=O) groups is 3. The molecule has 2 aromatic carbocycles. The second-order valence-electron chi connectivity index (χ2n) is 9.63. The smallest absolute Gasteiger partial charge is 0.219 e. The lowest BCUT2D eigenvalue weighted by Crippen LogP contribution is -2.46. The minimum atomic E-state index is -0.777. The SMILES string of the molecule is CC(=O)N1CCC(C(=O)C2CCN(C(C)=O)C(c3ccc(F)cc3F)C2)CC1c1ccc(F)cc1F. The lowest BCUT2D eigenvalue weighted by Gasteiger charge is -2.42. The molecule has 4 unspecified atom stereocenters. The van der Waals surface area contributed by atoms with Crippen molar-refractivity contribution in [1.82, 2.24) is 9.80 Å². The van der Waals surface area contributed by atoms with E-state index in [9.17, 15) is 31.9 Å². The van der Waals surface area contributed by atoms with Crippen molar-refractivity contribution >= 4 is 17.6 Å². The van der Waals surface area contributed by atoms with Gasteiger partial charge in [0.2, 0.25) is 11.8 Å². The number of hydrogen-bond acceptors (Lipinski definition) is 3. The van der Waals surface area contributed by atoms with Gasteiger partial charge in [-0.25, -0.2) is 17.6 Å². The van der Waals surface area contributed by atoms with Crippen molar-refractivity contribution in [3.05, 3.63) is 70.8 Å². The first-order chi connectivity index (χ1) is 17.1. The number of piperidine rings is 2. The first-order valence-corrected chi connectivity index (χ1v) is 12.0. The molecule has 9 heteroatoms. The number of carbonyl (C=O) groups excluding carboxylic acids is 3. The Bertz CT molecular complexity index is 1100. The molecule has 2 aromatic rings. The van der Waals surface area contributed by atoms with Crippen LogP contribution in [0.2, 0.25) is 0 Å². The molecule has 0 N–H and O–H groups in total. The molecule has 2 aliphatic heterocycles. The van der Waals surface area contributed by atoms with Gasteiger partial charge in [0.15, 0.2) is 0 Å². The summed E-state index contributed by atoms with van der Waals surface area (Å²) in [6.45, 7) is 3.23. The van der Waals surface area contributed by atoms with Crippen molar-refractivity contribution in [2.45, 2.75) is 51.6 Å². The number of likely N-dealkylation sites (tertiary alicyclic amines) is 2. The van der Waals surface area contributed by atoms with Crippen LogP contribution in [0.1, 0.15) is 62.7 Å². The second kappa shape index (κ2) is 10.4. The number of rotatable bonds is 4. The fourth-order valence-electron chi connectivity index (χ4n) is 5.67. The molecule has 0 bridgehead atoms. The maximum Gasteiger partial charge on any atom is 0.219 e. The minimum Gasteiger partial charge on any atom is -0.336 e. The van der Waals surface area contributed by atoms with Crippen molar-refractivity contribution in [3.63, 3.8) is 0 Å². The predicted molar refractivity (Wildman–Crippen MR) is 123 cm³/mol. The van der Waals surface area contributed by atoms with Gasteiger partial charge in [-0.15, -0.1) is 0 Å². The fraction of sp³-hybridized carbons (Fsp3) is 0.444. The molecule has 0 radical (unpaired) electrons. The van der Waals surface area contributed by atoms with E-state index in [-0.39, 0.29) is 54.7 Å². The molecule has 2 heterocycles. The van der Waals surface area contributed by atoms with Crippen LogP contribution in [-0.2, 0) is 14.4 Å². The molecule has 2 aliphatic rings. The van der Waals surface area contributed by atoms with E-state index in [1.165, 1.54) is 35.8 Å². The molecule has 2 fully saturated rings. The average Bonchev–Trinajstić information content (AvgIpc) is 2.82. The topological polar surface area (TPSA) is 57.7 Å². The molecule has 192 valence electrons. The largest absolute Gasteiger partial charge is 0.336 e. The molecule has 0 aromatic heterocycles. The van der Waals surface area contributed by atoms with Crippen molar-refractivity contribution in [2.75, 3.05) is 13.1 Å². The number of ketones is 1. The van der Waals surface area contributed by atoms with Gasteiger partial charge in [-0.05, 0) is 37.8 Å². The molecule has 2 saturated heterocycles. The highest BCUT2D eigenvalue weighted by Crippen LogP contribution is 2.41. The molecule has 0 aliphatic carbocycles. The number of nitrogens with zero attached hydrogens (tertiary/aromatic N) is 2. The second-order valence-corrected chi connectivity index (χ2v) is 9.63. The van der Waals surface area contributed by atoms with E-state index in [1.54, 1.807) is 0 Å². The first-order valence-electron chi connectivity index (χ1n) is 12.0. The summed E-state index contributed by atoms with van der Waals surface area (Å²) in [5, 5.41) is 0. The van der Waals surface area contributed by atoms with Crippen LogP contribution in [0, 0.1) is 35.1 Å². The summed E-state index contributed by atoms with van der Waals surface area (Å²) in [7, 11) is 0. The minimum absolute atomic E-state index is 0.0820. The van der Waals surface area contributed by atoms with E-state index >= 15 is 0 Å². The van der Waals surface area contributed by atoms with Gasteiger partial charge in [-0.2, -0.15) is 0 Å². The maximum atomic E-state index is 14.6. The van der Waals surface area contributed by atoms with E-state index in [1.807, 2.05) is 0 Å². The van der Waals surface area contributed by atoms with Crippen LogP contribution in [0.25, 0.3) is 0 Å². The quantitative estimate of drug-likeness (QED) is 0.544. The Morgan fingerprint density at radius 3 is 1.42 bits per heavy atom. The van der Waals surface area contributed by atoms with Crippen LogP contribution in [-0.4, -0.2) is 40.5 Å². The van der Waals surface area contributed by atoms with Crippen molar-refractivity contribution in [2.24, 2.45) is 11.8 Å². The third-order valence-corrected chi connectivity index (χ3v) is 7.46. The van der Waals surface area contributed by atoms with E-state index in [4.69, 9.17) is 0 Å². The lowest BCUT2D eigenvalue weighted by molar-refractivity contribution is -0.141. The fourth-order valence-corrected chi connectivity index (χ4v) is 5.67. The molecule has 0 spiro atoms. The Morgan fingerprint density at radius 2 is 1.08 bits per heavy atom. The Hall–Kier alpha value is -3.23. The normalized spacial score (nSPS) is 24.5. The number of halogens is 4. The number of benzene rings is 2. The lowest BCUT2D eigenvalue weighted by atomic mass is 9.75. The molecule has 4 atom stereocenters. The highest BCUT2D eigenvalue weighted by Gasteiger charge is 2.41. The van der Waals surface area contributed by atoms with Gasteiger partial charge < -0.3 is 9.80 Å². The van der Waals surface area contributed by atoms with E-state index in [0.717, 1.165) is 24.3 Å². The Balaban J connectivity index is 1.57. The predicted octanol–water partition coefficient (Wildman–Crippen LogP) is 5.11. The van der Waals surface area contributed by atoms with Gasteiger partial charge >= 0.3 is 0 Å². The van der Waals surface area contributed by atoms with Crippen LogP contribution in [0.4, 0.5) is 17.6 Å². The van der Waals surface area contributed by atoms with Crippen LogP contribution in [0.15, 0.2) is 36.4 Å². The van der Waals surface area contributed by atoms with Crippen LogP contribution in [0.3, 0.4) is 0 Å². The summed E-state index contributed by atoms with van der Waals surface area (Å²) in [5.74, 6) is -4.60. The zero-order valence-corrected chi connectivity index (χ0v) is 20.1. The molecular weight excluding hydrogens is 476 g/mol. The Kier molecular flexibility index (Phi) is 7.47. The highest BCUT2D eigenvalue weighted by atomic mass is 19.1. The summed E-state index contributed by atoms with van der Waals surface area (Å²) in [6, 6.07) is 4.95. The van der Waals surface area contributed by atoms with E-state index in [2.05, 4.69) is 0 Å². The van der Waals surface area contributed by atoms with Gasteiger partial charge in [0.1, 0.15) is 29.1 Å². The third-order valence-electron chi connectivity index (χ3n) is 7.46. The van der Waals surface area contributed by atoms with Gasteiger partial charge in [0, 0.05) is 62.0 Å². The number of hydrogen-bond donors (Lipinski definition) is 0. The third kappa shape index (κ3) is 5.15. The van der Waals surface area contributed by atoms with E-state index in [0.29, 0.717) is 12.8 Å². The zero-order chi connectivity index (χ0) is 26.1. The van der Waals surface area contributed by atoms with Gasteiger partial charge in [-0.3, -0.25) is 14.4 Å². The standard InChI is InChI=1S/C27H28F4N2O3/c1-15(34)32-9-7-17(11-25(32)21-5-3-19(28)13-23(21)30)27(36)18-8-10-33(16(2)35)26(12-18)22-6-4-20(29)14-24(22)31/h3-6,13-14,17-18,25-26H,7-12H2,1-2H3. The molecule has 36 heavy (non-hydrogen) atoms. The first kappa shape index (κ1) is 25.9. The maximum absolute atomic E-state index is 14.6. The van der Waals surface area contributed by atoms with E-state index < -0.39 is 47.2 Å². The van der Waals surface area contributed by atoms with Gasteiger partial charge in [-0.1, -0.05) is 12.1 Å². The van der Waals surface area contributed by atoms with Crippen LogP contribution in [0.5, 0.6) is 0 Å². The highest BCUT2D eigenvalue weighted by molar-refractivity contribution is 5.85. The van der Waals surface area contributed by atoms with Crippen LogP contribution >= 0.6 is 0 Å². The number of amides is 2. The molecule has 5 nitrogen and oxygen atoms in total. The molecule has 0 saturated carbocycles. The molecular formula is C27H28F4N2O3. The number of Topliss-reactive ketones (excluding diaryl/α,β-unsaturated/α-hetero) is 1. The Labute approximate surface area is 207 Å². The summed E-state index contributed by atoms with van der Waals surface area (Å²) in [5.41, 5.74) is 0.309. The summed E-state index contributed by atoms with van der Waals surface area (Å²) < 4.78 is 56.2. The Morgan fingerprint density at radius 1 is 0.694 bits per heavy atom. The monoisotopic (exact) mass is 504 g/mol. The summed E-state index contributed by atoms with van der Waals surface area (Å²) in [6.07, 6.45) is 1.15. The summed E-state index contributed by atoms with van der Waals surface area (Å²) in [4.78, 5) is 41.1. The summed E-state index contributed by atoms with van der Waals surface area (Å²) >= 11 is 0. The van der Waals surface area contributed by atoms with Gasteiger partial charge in [0.25, 0.3) is 0 Å².